The molecule has 0 fully saturated rings. The molecule has 0 atom stereocenters. The highest BCUT2D eigenvalue weighted by Crippen LogP contribution is 2.17. The second-order valence-corrected chi connectivity index (χ2v) is 3.89. The summed E-state index contributed by atoms with van der Waals surface area (Å²) in [6.45, 7) is 0.845. The second-order valence-electron chi connectivity index (χ2n) is 3.89. The first-order valence-corrected chi connectivity index (χ1v) is 5.52. The van der Waals surface area contributed by atoms with E-state index in [0.717, 1.165) is 17.9 Å². The zero-order chi connectivity index (χ0) is 12.1. The Kier molecular flexibility index (Phi) is 3.55. The molecule has 4 heteroatoms. The number of hydrogen-bond donors (Lipinski definition) is 1. The van der Waals surface area contributed by atoms with Crippen molar-refractivity contribution in [2.24, 2.45) is 0 Å². The molecule has 4 nitrogen and oxygen atoms in total. The molecule has 0 unspecified atom stereocenters. The van der Waals surface area contributed by atoms with Gasteiger partial charge in [-0.1, -0.05) is 0 Å². The number of pyridine rings is 2. The summed E-state index contributed by atoms with van der Waals surface area (Å²) in [6, 6.07) is 6.12. The molecule has 0 spiro atoms. The Balaban J connectivity index is 2.11. The van der Waals surface area contributed by atoms with Crippen molar-refractivity contribution in [2.45, 2.75) is 6.54 Å². The summed E-state index contributed by atoms with van der Waals surface area (Å²) in [5.74, 6) is 0. The molecule has 1 N–H and O–H groups in total. The van der Waals surface area contributed by atoms with Gasteiger partial charge in [-0.15, -0.1) is 0 Å². The van der Waals surface area contributed by atoms with E-state index in [1.165, 1.54) is 5.56 Å². The normalized spacial score (nSPS) is 10.0. The molecule has 0 saturated carbocycles. The minimum Gasteiger partial charge on any atom is -0.387 e. The van der Waals surface area contributed by atoms with E-state index in [1.54, 1.807) is 0 Å². The Hall–Kier alpha value is -2.10. The van der Waals surface area contributed by atoms with Crippen molar-refractivity contribution in [3.63, 3.8) is 0 Å². The van der Waals surface area contributed by atoms with Crippen LogP contribution in [0.4, 0.5) is 11.4 Å². The van der Waals surface area contributed by atoms with E-state index in [4.69, 9.17) is 0 Å². The van der Waals surface area contributed by atoms with Gasteiger partial charge in [0.2, 0.25) is 0 Å². The van der Waals surface area contributed by atoms with Crippen LogP contribution in [0.2, 0.25) is 0 Å². The predicted octanol–water partition coefficient (Wildman–Crippen LogP) is 2.15. The van der Waals surface area contributed by atoms with E-state index in [0.29, 0.717) is 0 Å². The van der Waals surface area contributed by atoms with Gasteiger partial charge in [0.15, 0.2) is 0 Å². The van der Waals surface area contributed by atoms with Crippen molar-refractivity contribution in [1.82, 2.24) is 9.97 Å². The zero-order valence-corrected chi connectivity index (χ0v) is 10.1. The van der Waals surface area contributed by atoms with Gasteiger partial charge >= 0.3 is 0 Å². The van der Waals surface area contributed by atoms with Crippen molar-refractivity contribution in [3.8, 4) is 0 Å². The molecule has 0 aliphatic rings. The average molecular weight is 228 g/mol. The van der Waals surface area contributed by atoms with E-state index in [9.17, 15) is 0 Å². The Bertz CT molecular complexity index is 470. The lowest BCUT2D eigenvalue weighted by atomic mass is 10.2. The lowest BCUT2D eigenvalue weighted by molar-refractivity contribution is 0.915. The van der Waals surface area contributed by atoms with Gasteiger partial charge in [-0.3, -0.25) is 9.97 Å². The molecule has 0 amide bonds. The molecule has 0 bridgehead atoms. The minimum atomic E-state index is 0.845. The van der Waals surface area contributed by atoms with Gasteiger partial charge in [0.25, 0.3) is 0 Å². The Morgan fingerprint density at radius 2 is 1.94 bits per heavy atom. The van der Waals surface area contributed by atoms with Gasteiger partial charge in [-0.05, 0) is 23.8 Å². The average Bonchev–Trinajstić information content (AvgIpc) is 2.40. The van der Waals surface area contributed by atoms with Crippen LogP contribution in [0.15, 0.2) is 43.0 Å². The summed E-state index contributed by atoms with van der Waals surface area (Å²) < 4.78 is 0. The SMILES string of the molecule is CNc1cncc(N(C)Cc2ccncc2)c1. The van der Waals surface area contributed by atoms with E-state index in [-0.39, 0.29) is 0 Å². The quantitative estimate of drug-likeness (QED) is 0.870. The van der Waals surface area contributed by atoms with Crippen LogP contribution in [-0.2, 0) is 6.54 Å². The van der Waals surface area contributed by atoms with Crippen LogP contribution >= 0.6 is 0 Å². The first kappa shape index (κ1) is 11.4. The Labute approximate surface area is 101 Å². The maximum Gasteiger partial charge on any atom is 0.0573 e. The molecule has 17 heavy (non-hydrogen) atoms. The third-order valence-electron chi connectivity index (χ3n) is 2.62. The van der Waals surface area contributed by atoms with E-state index < -0.39 is 0 Å². The standard InChI is InChI=1S/C13H16N4/c1-14-12-7-13(9-16-8-12)17(2)10-11-3-5-15-6-4-11/h3-9,14H,10H2,1-2H3. The van der Waals surface area contributed by atoms with Gasteiger partial charge in [0, 0.05) is 33.0 Å². The number of aromatic nitrogens is 2. The molecule has 0 aromatic carbocycles. The fourth-order valence-electron chi connectivity index (χ4n) is 1.63. The fourth-order valence-corrected chi connectivity index (χ4v) is 1.63. The number of nitrogens with zero attached hydrogens (tertiary/aromatic N) is 3. The lowest BCUT2D eigenvalue weighted by Gasteiger charge is -2.19. The van der Waals surface area contributed by atoms with Crippen molar-refractivity contribution < 1.29 is 0 Å². The van der Waals surface area contributed by atoms with E-state index >= 15 is 0 Å². The molecule has 2 aromatic heterocycles. The topological polar surface area (TPSA) is 41.1 Å². The number of nitrogens with one attached hydrogen (secondary N) is 1. The first-order valence-electron chi connectivity index (χ1n) is 5.52. The highest BCUT2D eigenvalue weighted by molar-refractivity contribution is 5.55. The van der Waals surface area contributed by atoms with Gasteiger partial charge in [0.05, 0.1) is 23.8 Å². The van der Waals surface area contributed by atoms with Crippen LogP contribution in [0.25, 0.3) is 0 Å². The summed E-state index contributed by atoms with van der Waals surface area (Å²) in [5.41, 5.74) is 3.34. The molecule has 0 saturated heterocycles. The Morgan fingerprint density at radius 3 is 2.65 bits per heavy atom. The highest BCUT2D eigenvalue weighted by Gasteiger charge is 2.03. The van der Waals surface area contributed by atoms with Crippen LogP contribution in [-0.4, -0.2) is 24.1 Å². The Morgan fingerprint density at radius 1 is 1.18 bits per heavy atom. The molecule has 88 valence electrons. The number of hydrogen-bond acceptors (Lipinski definition) is 4. The largest absolute Gasteiger partial charge is 0.387 e. The molecule has 2 rings (SSSR count). The van der Waals surface area contributed by atoms with Crippen LogP contribution < -0.4 is 10.2 Å². The van der Waals surface area contributed by atoms with E-state index in [2.05, 4.69) is 33.3 Å². The van der Waals surface area contributed by atoms with Crippen LogP contribution in [0.1, 0.15) is 5.56 Å². The van der Waals surface area contributed by atoms with Gasteiger partial charge < -0.3 is 10.2 Å². The summed E-state index contributed by atoms with van der Waals surface area (Å²) in [4.78, 5) is 10.4. The van der Waals surface area contributed by atoms with Crippen molar-refractivity contribution in [2.75, 3.05) is 24.3 Å². The fraction of sp³-hybridized carbons (Fsp3) is 0.231. The van der Waals surface area contributed by atoms with Gasteiger partial charge in [-0.2, -0.15) is 0 Å². The van der Waals surface area contributed by atoms with Gasteiger partial charge in [-0.25, -0.2) is 0 Å². The smallest absolute Gasteiger partial charge is 0.0573 e. The molecule has 0 aliphatic carbocycles. The van der Waals surface area contributed by atoms with Crippen molar-refractivity contribution >= 4 is 11.4 Å². The predicted molar refractivity (Wildman–Crippen MR) is 70.1 cm³/mol. The maximum absolute atomic E-state index is 4.20. The number of anilines is 2. The van der Waals surface area contributed by atoms with Crippen LogP contribution in [0, 0.1) is 0 Å². The molecule has 0 radical (unpaired) electrons. The lowest BCUT2D eigenvalue weighted by Crippen LogP contribution is -2.16. The summed E-state index contributed by atoms with van der Waals surface area (Å²) in [5, 5.41) is 3.09. The maximum atomic E-state index is 4.20. The molecule has 0 aliphatic heterocycles. The van der Waals surface area contributed by atoms with Crippen LogP contribution in [0.5, 0.6) is 0 Å². The first-order chi connectivity index (χ1) is 8.29. The van der Waals surface area contributed by atoms with Crippen LogP contribution in [0.3, 0.4) is 0 Å². The third-order valence-corrected chi connectivity index (χ3v) is 2.62. The third kappa shape index (κ3) is 2.93. The van der Waals surface area contributed by atoms with Crippen molar-refractivity contribution in [3.05, 3.63) is 48.5 Å². The molecule has 2 heterocycles. The zero-order valence-electron chi connectivity index (χ0n) is 10.1. The van der Waals surface area contributed by atoms with Crippen molar-refractivity contribution in [1.29, 1.82) is 0 Å². The summed E-state index contributed by atoms with van der Waals surface area (Å²) in [7, 11) is 3.94. The minimum absolute atomic E-state index is 0.845. The molecule has 2 aromatic rings. The molecular weight excluding hydrogens is 212 g/mol. The van der Waals surface area contributed by atoms with E-state index in [1.807, 2.05) is 44.0 Å². The summed E-state index contributed by atoms with van der Waals surface area (Å²) >= 11 is 0. The number of rotatable bonds is 4. The molecular formula is C13H16N4. The highest BCUT2D eigenvalue weighted by atomic mass is 15.1. The summed E-state index contributed by atoms with van der Waals surface area (Å²) in [6.07, 6.45) is 7.29. The van der Waals surface area contributed by atoms with Gasteiger partial charge in [0.1, 0.15) is 0 Å². The second kappa shape index (κ2) is 5.30. The monoisotopic (exact) mass is 228 g/mol.